The number of oxime groups is 1. The average Bonchev–Trinajstić information content (AvgIpc) is 2.86. The molecule has 19 heavy (non-hydrogen) atoms. The summed E-state index contributed by atoms with van der Waals surface area (Å²) in [5.41, 5.74) is 0.793. The Morgan fingerprint density at radius 2 is 2.16 bits per heavy atom. The molecule has 1 aliphatic rings. The number of amides is 1. The Hall–Kier alpha value is -1.88. The summed E-state index contributed by atoms with van der Waals surface area (Å²) in [5, 5.41) is 16.2. The van der Waals surface area contributed by atoms with Crippen LogP contribution in [-0.2, 0) is 9.63 Å². The summed E-state index contributed by atoms with van der Waals surface area (Å²) in [6.45, 7) is 3.45. The van der Waals surface area contributed by atoms with Gasteiger partial charge in [0.2, 0.25) is 6.10 Å². The number of nitrogens with zero attached hydrogens (tertiary/aromatic N) is 1. The topological polar surface area (TPSA) is 70.9 Å². The second-order valence-corrected chi connectivity index (χ2v) is 5.23. The van der Waals surface area contributed by atoms with Gasteiger partial charge in [0, 0.05) is 13.0 Å². The lowest BCUT2D eigenvalue weighted by molar-refractivity contribution is -0.132. The quantitative estimate of drug-likeness (QED) is 0.852. The second kappa shape index (κ2) is 5.40. The lowest BCUT2D eigenvalue weighted by atomic mass is 10.0. The molecule has 1 amide bonds. The number of aliphatic hydroxyl groups is 1. The van der Waals surface area contributed by atoms with E-state index in [1.807, 2.05) is 30.3 Å². The second-order valence-electron chi connectivity index (χ2n) is 5.23. The van der Waals surface area contributed by atoms with Crippen LogP contribution in [0.15, 0.2) is 35.5 Å². The summed E-state index contributed by atoms with van der Waals surface area (Å²) in [6.07, 6.45) is -0.167. The number of carbonyl (C=O) groups is 1. The first-order valence-electron chi connectivity index (χ1n) is 6.24. The van der Waals surface area contributed by atoms with E-state index in [9.17, 15) is 9.90 Å². The van der Waals surface area contributed by atoms with Crippen molar-refractivity contribution in [1.82, 2.24) is 5.32 Å². The van der Waals surface area contributed by atoms with Crippen LogP contribution in [0.3, 0.4) is 0 Å². The van der Waals surface area contributed by atoms with Crippen molar-refractivity contribution < 1.29 is 14.7 Å². The molecule has 0 fully saturated rings. The molecule has 5 nitrogen and oxygen atoms in total. The molecule has 1 aromatic carbocycles. The molecule has 1 heterocycles. The van der Waals surface area contributed by atoms with E-state index >= 15 is 0 Å². The summed E-state index contributed by atoms with van der Waals surface area (Å²) in [6, 6.07) is 9.62. The van der Waals surface area contributed by atoms with Crippen molar-refractivity contribution in [2.75, 3.05) is 6.54 Å². The third-order valence-electron chi connectivity index (χ3n) is 2.76. The largest absolute Gasteiger partial charge is 0.389 e. The van der Waals surface area contributed by atoms with Crippen LogP contribution in [0.25, 0.3) is 0 Å². The van der Waals surface area contributed by atoms with Gasteiger partial charge in [0.15, 0.2) is 0 Å². The highest BCUT2D eigenvalue weighted by Crippen LogP contribution is 2.16. The Morgan fingerprint density at radius 1 is 1.47 bits per heavy atom. The molecule has 5 heteroatoms. The van der Waals surface area contributed by atoms with Crippen molar-refractivity contribution in [3.05, 3.63) is 35.9 Å². The van der Waals surface area contributed by atoms with Crippen LogP contribution in [0.1, 0.15) is 25.8 Å². The molecule has 0 spiro atoms. The summed E-state index contributed by atoms with van der Waals surface area (Å²) >= 11 is 0. The van der Waals surface area contributed by atoms with Gasteiger partial charge in [-0.05, 0) is 19.4 Å². The first-order chi connectivity index (χ1) is 8.96. The minimum Gasteiger partial charge on any atom is -0.389 e. The SMILES string of the molecule is CC(C)(O)CNC(=O)C1CC(c2ccccc2)=NO1. The van der Waals surface area contributed by atoms with E-state index in [0.717, 1.165) is 11.3 Å². The first-order valence-corrected chi connectivity index (χ1v) is 6.24. The molecule has 0 radical (unpaired) electrons. The zero-order chi connectivity index (χ0) is 13.9. The van der Waals surface area contributed by atoms with E-state index in [0.29, 0.717) is 6.42 Å². The first kappa shape index (κ1) is 13.5. The molecule has 1 unspecified atom stereocenters. The lowest BCUT2D eigenvalue weighted by Crippen LogP contribution is -2.42. The molecule has 0 saturated carbocycles. The van der Waals surface area contributed by atoms with E-state index in [4.69, 9.17) is 4.84 Å². The van der Waals surface area contributed by atoms with Crippen LogP contribution in [0.2, 0.25) is 0 Å². The molecule has 1 aliphatic heterocycles. The van der Waals surface area contributed by atoms with Gasteiger partial charge >= 0.3 is 0 Å². The van der Waals surface area contributed by atoms with Crippen molar-refractivity contribution in [2.24, 2.45) is 5.16 Å². The lowest BCUT2D eigenvalue weighted by Gasteiger charge is -2.18. The molecule has 2 rings (SSSR count). The zero-order valence-corrected chi connectivity index (χ0v) is 11.1. The van der Waals surface area contributed by atoms with E-state index in [2.05, 4.69) is 10.5 Å². The van der Waals surface area contributed by atoms with Gasteiger partial charge in [0.25, 0.3) is 5.91 Å². The van der Waals surface area contributed by atoms with Gasteiger partial charge in [-0.15, -0.1) is 0 Å². The van der Waals surface area contributed by atoms with Gasteiger partial charge < -0.3 is 15.3 Å². The van der Waals surface area contributed by atoms with Crippen LogP contribution in [0.5, 0.6) is 0 Å². The average molecular weight is 262 g/mol. The van der Waals surface area contributed by atoms with Gasteiger partial charge in [-0.1, -0.05) is 35.5 Å². The number of rotatable bonds is 4. The summed E-state index contributed by atoms with van der Waals surface area (Å²) in [4.78, 5) is 17.0. The maximum absolute atomic E-state index is 11.8. The minimum atomic E-state index is -0.933. The molecule has 0 saturated heterocycles. The van der Waals surface area contributed by atoms with E-state index in [-0.39, 0.29) is 12.5 Å². The van der Waals surface area contributed by atoms with Crippen molar-refractivity contribution >= 4 is 11.6 Å². The van der Waals surface area contributed by atoms with Gasteiger partial charge in [-0.3, -0.25) is 4.79 Å². The Bertz CT molecular complexity index is 477. The van der Waals surface area contributed by atoms with Crippen molar-refractivity contribution in [1.29, 1.82) is 0 Å². The van der Waals surface area contributed by atoms with Crippen molar-refractivity contribution in [3.8, 4) is 0 Å². The fourth-order valence-corrected chi connectivity index (χ4v) is 1.74. The third-order valence-corrected chi connectivity index (χ3v) is 2.76. The standard InChI is InChI=1S/C14H18N2O3/c1-14(2,18)9-15-13(17)12-8-11(16-19-12)10-6-4-3-5-7-10/h3-7,12,18H,8-9H2,1-2H3,(H,15,17). The van der Waals surface area contributed by atoms with E-state index in [1.54, 1.807) is 13.8 Å². The van der Waals surface area contributed by atoms with Crippen LogP contribution < -0.4 is 5.32 Å². The monoisotopic (exact) mass is 262 g/mol. The Kier molecular flexibility index (Phi) is 3.85. The number of benzene rings is 1. The summed E-state index contributed by atoms with van der Waals surface area (Å²) in [5.74, 6) is -0.253. The van der Waals surface area contributed by atoms with Crippen LogP contribution in [0.4, 0.5) is 0 Å². The fourth-order valence-electron chi connectivity index (χ4n) is 1.74. The normalized spacial score (nSPS) is 18.7. The van der Waals surface area contributed by atoms with E-state index < -0.39 is 11.7 Å². The maximum Gasteiger partial charge on any atom is 0.264 e. The number of carbonyl (C=O) groups excluding carboxylic acids is 1. The van der Waals surface area contributed by atoms with Gasteiger partial charge in [-0.2, -0.15) is 0 Å². The van der Waals surface area contributed by atoms with Crippen LogP contribution >= 0.6 is 0 Å². The van der Waals surface area contributed by atoms with Crippen molar-refractivity contribution in [3.63, 3.8) is 0 Å². The zero-order valence-electron chi connectivity index (χ0n) is 11.1. The number of nitrogens with one attached hydrogen (secondary N) is 1. The van der Waals surface area contributed by atoms with Gasteiger partial charge in [0.05, 0.1) is 11.3 Å². The molecule has 102 valence electrons. The fraction of sp³-hybridized carbons (Fsp3) is 0.429. The molecular formula is C14H18N2O3. The Labute approximate surface area is 112 Å². The third kappa shape index (κ3) is 3.79. The molecular weight excluding hydrogens is 244 g/mol. The molecule has 2 N–H and O–H groups in total. The molecule has 0 aromatic heterocycles. The summed E-state index contributed by atoms with van der Waals surface area (Å²) in [7, 11) is 0. The van der Waals surface area contributed by atoms with Gasteiger partial charge in [0.1, 0.15) is 0 Å². The predicted molar refractivity (Wildman–Crippen MR) is 71.8 cm³/mol. The highest BCUT2D eigenvalue weighted by Gasteiger charge is 2.29. The smallest absolute Gasteiger partial charge is 0.264 e. The highest BCUT2D eigenvalue weighted by molar-refractivity contribution is 6.04. The van der Waals surface area contributed by atoms with Crippen LogP contribution in [0, 0.1) is 0 Å². The molecule has 1 aromatic rings. The van der Waals surface area contributed by atoms with Gasteiger partial charge in [-0.25, -0.2) is 0 Å². The number of hydrogen-bond acceptors (Lipinski definition) is 4. The maximum atomic E-state index is 11.8. The van der Waals surface area contributed by atoms with E-state index in [1.165, 1.54) is 0 Å². The van der Waals surface area contributed by atoms with Crippen LogP contribution in [-0.4, -0.2) is 35.0 Å². The number of hydrogen-bond donors (Lipinski definition) is 2. The Balaban J connectivity index is 1.89. The van der Waals surface area contributed by atoms with Crippen molar-refractivity contribution in [2.45, 2.75) is 32.0 Å². The summed E-state index contributed by atoms with van der Waals surface area (Å²) < 4.78 is 0. The molecule has 1 atom stereocenters. The Morgan fingerprint density at radius 3 is 2.79 bits per heavy atom. The molecule has 0 bridgehead atoms. The predicted octanol–water partition coefficient (Wildman–Crippen LogP) is 1.07. The highest BCUT2D eigenvalue weighted by atomic mass is 16.6. The minimum absolute atomic E-state index is 0.187. The molecule has 0 aliphatic carbocycles.